The van der Waals surface area contributed by atoms with E-state index in [0.717, 1.165) is 47.4 Å². The summed E-state index contributed by atoms with van der Waals surface area (Å²) in [5, 5.41) is 2.17. The molecule has 168 valence electrons. The van der Waals surface area contributed by atoms with Gasteiger partial charge >= 0.3 is 0 Å². The van der Waals surface area contributed by atoms with Crippen molar-refractivity contribution < 1.29 is 8.42 Å². The van der Waals surface area contributed by atoms with Crippen LogP contribution in [0.2, 0.25) is 0 Å². The van der Waals surface area contributed by atoms with Crippen molar-refractivity contribution in [3.8, 4) is 11.3 Å². The van der Waals surface area contributed by atoms with Crippen LogP contribution in [0.15, 0.2) is 69.9 Å². The molecule has 1 aliphatic carbocycles. The highest BCUT2D eigenvalue weighted by Crippen LogP contribution is 2.33. The van der Waals surface area contributed by atoms with Crippen LogP contribution in [0.5, 0.6) is 0 Å². The first-order valence-electron chi connectivity index (χ1n) is 11.5. The second-order valence-corrected chi connectivity index (χ2v) is 11.4. The first-order valence-corrected chi connectivity index (χ1v) is 13.9. The van der Waals surface area contributed by atoms with E-state index in [1.165, 1.54) is 19.3 Å². The lowest BCUT2D eigenvalue weighted by atomic mass is 9.95. The number of nitrogens with zero attached hydrogens (tertiary/aromatic N) is 3. The summed E-state index contributed by atoms with van der Waals surface area (Å²) in [7, 11) is -3.39. The average Bonchev–Trinajstić information content (AvgIpc) is 3.52. The van der Waals surface area contributed by atoms with Crippen molar-refractivity contribution in [2.24, 2.45) is 4.99 Å². The van der Waals surface area contributed by atoms with Crippen LogP contribution in [0.25, 0.3) is 11.3 Å². The van der Waals surface area contributed by atoms with Crippen LogP contribution in [0.1, 0.15) is 51.0 Å². The number of hydrogen-bond donors (Lipinski definition) is 0. The Labute approximate surface area is 194 Å². The van der Waals surface area contributed by atoms with Gasteiger partial charge in [0.25, 0.3) is 0 Å². The third kappa shape index (κ3) is 4.34. The molecule has 0 amide bonds. The molecule has 0 radical (unpaired) electrons. The van der Waals surface area contributed by atoms with Gasteiger partial charge in [-0.1, -0.05) is 49.6 Å². The van der Waals surface area contributed by atoms with Gasteiger partial charge in [-0.2, -0.15) is 4.31 Å². The van der Waals surface area contributed by atoms with Crippen LogP contribution in [0.4, 0.5) is 5.69 Å². The van der Waals surface area contributed by atoms with E-state index in [2.05, 4.69) is 9.95 Å². The zero-order chi connectivity index (χ0) is 22.0. The van der Waals surface area contributed by atoms with Crippen molar-refractivity contribution in [2.75, 3.05) is 13.1 Å². The van der Waals surface area contributed by atoms with Crippen molar-refractivity contribution in [3.05, 3.63) is 64.8 Å². The SMILES string of the molecule is O=S(=O)(c1ccc(-c2csc(=Nc3ccccc3)n2C2CCCCC2)cc1)N1CCCC1. The number of benzene rings is 2. The highest BCUT2D eigenvalue weighted by molar-refractivity contribution is 7.89. The molecule has 2 aliphatic rings. The van der Waals surface area contributed by atoms with E-state index in [4.69, 9.17) is 4.99 Å². The van der Waals surface area contributed by atoms with Gasteiger partial charge < -0.3 is 4.57 Å². The molecule has 5 rings (SSSR count). The highest BCUT2D eigenvalue weighted by atomic mass is 32.2. The van der Waals surface area contributed by atoms with E-state index in [-0.39, 0.29) is 0 Å². The van der Waals surface area contributed by atoms with Gasteiger partial charge in [-0.3, -0.25) is 0 Å². The lowest BCUT2D eigenvalue weighted by molar-refractivity contribution is 0.351. The van der Waals surface area contributed by atoms with Crippen molar-refractivity contribution >= 4 is 27.0 Å². The molecule has 0 spiro atoms. The second kappa shape index (κ2) is 9.33. The molecular weight excluding hydrogens is 438 g/mol. The second-order valence-electron chi connectivity index (χ2n) is 8.65. The maximum atomic E-state index is 12.9. The predicted molar refractivity (Wildman–Crippen MR) is 130 cm³/mol. The third-order valence-corrected chi connectivity index (χ3v) is 9.27. The molecular formula is C25H29N3O2S2. The first kappa shape index (κ1) is 21.6. The van der Waals surface area contributed by atoms with E-state index in [1.54, 1.807) is 27.8 Å². The van der Waals surface area contributed by atoms with E-state index in [0.29, 0.717) is 24.0 Å². The fraction of sp³-hybridized carbons (Fsp3) is 0.400. The maximum Gasteiger partial charge on any atom is 0.243 e. The molecule has 0 N–H and O–H groups in total. The third-order valence-electron chi connectivity index (χ3n) is 6.52. The molecule has 5 nitrogen and oxygen atoms in total. The topological polar surface area (TPSA) is 54.7 Å². The van der Waals surface area contributed by atoms with Crippen molar-refractivity contribution in [2.45, 2.75) is 55.9 Å². The molecule has 0 atom stereocenters. The summed E-state index contributed by atoms with van der Waals surface area (Å²) in [5.74, 6) is 0. The van der Waals surface area contributed by atoms with Gasteiger partial charge in [0.05, 0.1) is 16.3 Å². The summed E-state index contributed by atoms with van der Waals surface area (Å²) >= 11 is 1.66. The molecule has 7 heteroatoms. The van der Waals surface area contributed by atoms with Crippen molar-refractivity contribution in [1.82, 2.24) is 8.87 Å². The average molecular weight is 468 g/mol. The molecule has 2 aromatic carbocycles. The molecule has 1 aromatic heterocycles. The Morgan fingerprint density at radius 1 is 0.844 bits per heavy atom. The Balaban J connectivity index is 1.54. The molecule has 1 saturated carbocycles. The highest BCUT2D eigenvalue weighted by Gasteiger charge is 2.27. The van der Waals surface area contributed by atoms with Crippen LogP contribution in [-0.4, -0.2) is 30.4 Å². The fourth-order valence-corrected chi connectivity index (χ4v) is 7.30. The Hall–Kier alpha value is -2.22. The van der Waals surface area contributed by atoms with E-state index in [9.17, 15) is 8.42 Å². The number of rotatable bonds is 5. The normalized spacial score (nSPS) is 18.9. The summed E-state index contributed by atoms with van der Waals surface area (Å²) in [6.07, 6.45) is 7.99. The standard InChI is InChI=1S/C25H29N3O2S2/c29-32(30,27-17-7-8-18-27)23-15-13-20(14-16-23)24-19-31-25(26-21-9-3-1-4-10-21)28(24)22-11-5-2-6-12-22/h1,3-4,9-10,13-16,19,22H,2,5-8,11-12,17-18H2. The van der Waals surface area contributed by atoms with Crippen LogP contribution >= 0.6 is 11.3 Å². The number of thiazole rings is 1. The number of aromatic nitrogens is 1. The van der Waals surface area contributed by atoms with Gasteiger partial charge in [0, 0.05) is 24.5 Å². The maximum absolute atomic E-state index is 12.9. The van der Waals surface area contributed by atoms with Crippen molar-refractivity contribution in [3.63, 3.8) is 0 Å². The largest absolute Gasteiger partial charge is 0.313 e. The zero-order valence-electron chi connectivity index (χ0n) is 18.2. The molecule has 32 heavy (non-hydrogen) atoms. The number of sulfonamides is 1. The summed E-state index contributed by atoms with van der Waals surface area (Å²) in [5.41, 5.74) is 3.13. The summed E-state index contributed by atoms with van der Waals surface area (Å²) in [6.45, 7) is 1.25. The molecule has 1 aliphatic heterocycles. The lowest BCUT2D eigenvalue weighted by Crippen LogP contribution is -2.27. The predicted octanol–water partition coefficient (Wildman–Crippen LogP) is 5.74. The van der Waals surface area contributed by atoms with Gasteiger partial charge in [-0.25, -0.2) is 13.4 Å². The monoisotopic (exact) mass is 467 g/mol. The van der Waals surface area contributed by atoms with Crippen LogP contribution in [0.3, 0.4) is 0 Å². The molecule has 1 saturated heterocycles. The molecule has 0 unspecified atom stereocenters. The minimum atomic E-state index is -3.39. The van der Waals surface area contributed by atoms with Gasteiger partial charge in [0.15, 0.2) is 4.80 Å². The molecule has 2 heterocycles. The smallest absolute Gasteiger partial charge is 0.243 e. The Bertz CT molecular complexity index is 1220. The zero-order valence-corrected chi connectivity index (χ0v) is 19.8. The van der Waals surface area contributed by atoms with E-state index < -0.39 is 10.0 Å². The van der Waals surface area contributed by atoms with Gasteiger partial charge in [0.1, 0.15) is 0 Å². The minimum Gasteiger partial charge on any atom is -0.313 e. The Morgan fingerprint density at radius 2 is 1.53 bits per heavy atom. The number of hydrogen-bond acceptors (Lipinski definition) is 4. The van der Waals surface area contributed by atoms with E-state index >= 15 is 0 Å². The molecule has 3 aromatic rings. The quantitative estimate of drug-likeness (QED) is 0.480. The van der Waals surface area contributed by atoms with E-state index in [1.807, 2.05) is 42.5 Å². The van der Waals surface area contributed by atoms with Gasteiger partial charge in [-0.05, 0) is 55.5 Å². The summed E-state index contributed by atoms with van der Waals surface area (Å²) in [6, 6.07) is 18.0. The molecule has 0 bridgehead atoms. The van der Waals surface area contributed by atoms with Crippen LogP contribution in [-0.2, 0) is 10.0 Å². The summed E-state index contributed by atoms with van der Waals surface area (Å²) in [4.78, 5) is 6.34. The van der Waals surface area contributed by atoms with Crippen LogP contribution in [0, 0.1) is 0 Å². The Kier molecular flexibility index (Phi) is 6.31. The van der Waals surface area contributed by atoms with Crippen LogP contribution < -0.4 is 4.80 Å². The van der Waals surface area contributed by atoms with Gasteiger partial charge in [-0.15, -0.1) is 11.3 Å². The first-order chi connectivity index (χ1) is 15.6. The minimum absolute atomic E-state index is 0.386. The Morgan fingerprint density at radius 3 is 2.22 bits per heavy atom. The summed E-state index contributed by atoms with van der Waals surface area (Å²) < 4.78 is 29.8. The van der Waals surface area contributed by atoms with Crippen molar-refractivity contribution in [1.29, 1.82) is 0 Å². The fourth-order valence-electron chi connectivity index (χ4n) is 4.79. The lowest BCUT2D eigenvalue weighted by Gasteiger charge is -2.25. The molecule has 2 fully saturated rings. The van der Waals surface area contributed by atoms with Gasteiger partial charge in [0.2, 0.25) is 10.0 Å². The number of para-hydroxylation sites is 1.